The summed E-state index contributed by atoms with van der Waals surface area (Å²) in [6.07, 6.45) is 1.92. The molecule has 0 spiro atoms. The van der Waals surface area contributed by atoms with Gasteiger partial charge in [0.2, 0.25) is 10.0 Å². The average molecular weight is 371 g/mol. The van der Waals surface area contributed by atoms with Gasteiger partial charge < -0.3 is 9.30 Å². The maximum atomic E-state index is 12.1. The lowest BCUT2D eigenvalue weighted by atomic mass is 10.3. The lowest BCUT2D eigenvalue weighted by Gasteiger charge is -2.13. The van der Waals surface area contributed by atoms with E-state index in [9.17, 15) is 13.2 Å². The number of rotatable bonds is 7. The van der Waals surface area contributed by atoms with Crippen LogP contribution < -0.4 is 10.3 Å². The Balaban J connectivity index is 1.99. The van der Waals surface area contributed by atoms with Crippen LogP contribution in [0.3, 0.4) is 0 Å². The second-order valence-electron chi connectivity index (χ2n) is 5.34. The molecule has 0 bridgehead atoms. The molecule has 0 saturated heterocycles. The Morgan fingerprint density at radius 3 is 2.42 bits per heavy atom. The topological polar surface area (TPSA) is 68.6 Å². The Labute approximate surface area is 146 Å². The first-order valence-corrected chi connectivity index (χ1v) is 9.14. The van der Waals surface area contributed by atoms with Gasteiger partial charge >= 0.3 is 0 Å². The maximum Gasteiger partial charge on any atom is 0.250 e. The van der Waals surface area contributed by atoms with Crippen LogP contribution in [-0.4, -0.2) is 38.0 Å². The zero-order chi connectivity index (χ0) is 17.7. The number of aromatic nitrogens is 1. The van der Waals surface area contributed by atoms with Gasteiger partial charge in [0.05, 0.1) is 11.5 Å². The third-order valence-corrected chi connectivity index (χ3v) is 5.41. The number of pyridine rings is 1. The summed E-state index contributed by atoms with van der Waals surface area (Å²) >= 11 is 5.80. The highest BCUT2D eigenvalue weighted by Crippen LogP contribution is 2.15. The van der Waals surface area contributed by atoms with Crippen LogP contribution in [-0.2, 0) is 16.6 Å². The third-order valence-electron chi connectivity index (χ3n) is 3.36. The Morgan fingerprint density at radius 2 is 1.79 bits per heavy atom. The van der Waals surface area contributed by atoms with Crippen LogP contribution >= 0.6 is 11.6 Å². The SMILES string of the molecule is CN(C)S(=O)(=O)c1ccc(=O)n(CCCOc2ccc(Cl)cc2)c1. The van der Waals surface area contributed by atoms with E-state index in [1.165, 1.54) is 37.0 Å². The number of hydrogen-bond donors (Lipinski definition) is 0. The summed E-state index contributed by atoms with van der Waals surface area (Å²) in [5.74, 6) is 0.690. The molecule has 0 atom stereocenters. The van der Waals surface area contributed by atoms with Crippen molar-refractivity contribution in [3.05, 3.63) is 58.0 Å². The Bertz CT molecular complexity index is 845. The summed E-state index contributed by atoms with van der Waals surface area (Å²) in [6, 6.07) is 9.57. The molecule has 8 heteroatoms. The maximum absolute atomic E-state index is 12.1. The van der Waals surface area contributed by atoms with Gasteiger partial charge in [-0.25, -0.2) is 12.7 Å². The molecule has 0 saturated carbocycles. The van der Waals surface area contributed by atoms with Gasteiger partial charge in [0.1, 0.15) is 5.75 Å². The summed E-state index contributed by atoms with van der Waals surface area (Å²) in [4.78, 5) is 12.0. The normalized spacial score (nSPS) is 11.7. The molecule has 6 nitrogen and oxygen atoms in total. The van der Waals surface area contributed by atoms with Crippen LogP contribution in [0.25, 0.3) is 0 Å². The van der Waals surface area contributed by atoms with Gasteiger partial charge in [-0.15, -0.1) is 0 Å². The fourth-order valence-electron chi connectivity index (χ4n) is 2.00. The first kappa shape index (κ1) is 18.5. The molecule has 2 aromatic rings. The lowest BCUT2D eigenvalue weighted by molar-refractivity contribution is 0.300. The highest BCUT2D eigenvalue weighted by atomic mass is 35.5. The molecule has 0 aliphatic heterocycles. The van der Waals surface area contributed by atoms with E-state index >= 15 is 0 Å². The number of ether oxygens (including phenoxy) is 1. The van der Waals surface area contributed by atoms with Crippen molar-refractivity contribution in [3.63, 3.8) is 0 Å². The van der Waals surface area contributed by atoms with Gasteiger partial charge in [0, 0.05) is 37.9 Å². The van der Waals surface area contributed by atoms with E-state index in [0.29, 0.717) is 30.3 Å². The van der Waals surface area contributed by atoms with Gasteiger partial charge in [-0.2, -0.15) is 0 Å². The Hall–Kier alpha value is -1.83. The van der Waals surface area contributed by atoms with Crippen molar-refractivity contribution in [1.82, 2.24) is 8.87 Å². The van der Waals surface area contributed by atoms with Gasteiger partial charge in [-0.05, 0) is 36.8 Å². The molecule has 0 radical (unpaired) electrons. The summed E-state index contributed by atoms with van der Waals surface area (Å²) < 4.78 is 32.3. The van der Waals surface area contributed by atoms with Crippen LogP contribution in [0.1, 0.15) is 6.42 Å². The van der Waals surface area contributed by atoms with Crippen LogP contribution in [0, 0.1) is 0 Å². The standard InChI is InChI=1S/C16H19ClN2O4S/c1-18(2)24(21,22)15-8-9-16(20)19(12-15)10-3-11-23-14-6-4-13(17)5-7-14/h4-9,12H,3,10-11H2,1-2H3. The van der Waals surface area contributed by atoms with E-state index in [0.717, 1.165) is 4.31 Å². The molecule has 1 aromatic heterocycles. The van der Waals surface area contributed by atoms with Gasteiger partial charge in [-0.1, -0.05) is 11.6 Å². The average Bonchev–Trinajstić information content (AvgIpc) is 2.54. The zero-order valence-corrected chi connectivity index (χ0v) is 15.0. The summed E-state index contributed by atoms with van der Waals surface area (Å²) in [6.45, 7) is 0.766. The summed E-state index contributed by atoms with van der Waals surface area (Å²) in [5, 5.41) is 0.632. The molecule has 0 amide bonds. The van der Waals surface area contributed by atoms with Crippen molar-refractivity contribution in [2.24, 2.45) is 0 Å². The molecule has 2 rings (SSSR count). The molecular weight excluding hydrogens is 352 g/mol. The van der Waals surface area contributed by atoms with Crippen molar-refractivity contribution in [2.45, 2.75) is 17.9 Å². The van der Waals surface area contributed by atoms with Crippen molar-refractivity contribution in [1.29, 1.82) is 0 Å². The zero-order valence-electron chi connectivity index (χ0n) is 13.5. The number of aryl methyl sites for hydroxylation is 1. The van der Waals surface area contributed by atoms with E-state index < -0.39 is 10.0 Å². The van der Waals surface area contributed by atoms with E-state index in [4.69, 9.17) is 16.3 Å². The van der Waals surface area contributed by atoms with Crippen molar-refractivity contribution >= 4 is 21.6 Å². The number of sulfonamides is 1. The first-order chi connectivity index (χ1) is 11.3. The number of hydrogen-bond acceptors (Lipinski definition) is 4. The van der Waals surface area contributed by atoms with Gasteiger partial charge in [0.25, 0.3) is 5.56 Å². The smallest absolute Gasteiger partial charge is 0.250 e. The Kier molecular flexibility index (Phi) is 6.04. The van der Waals surface area contributed by atoms with Crippen LogP contribution in [0.5, 0.6) is 5.75 Å². The van der Waals surface area contributed by atoms with Crippen molar-refractivity contribution in [3.8, 4) is 5.75 Å². The molecule has 1 heterocycles. The number of nitrogens with zero attached hydrogens (tertiary/aromatic N) is 2. The molecule has 0 unspecified atom stereocenters. The fourth-order valence-corrected chi connectivity index (χ4v) is 3.05. The second-order valence-corrected chi connectivity index (χ2v) is 7.93. The van der Waals surface area contributed by atoms with Gasteiger partial charge in [0.15, 0.2) is 0 Å². The van der Waals surface area contributed by atoms with Crippen LogP contribution in [0.2, 0.25) is 5.02 Å². The summed E-state index contributed by atoms with van der Waals surface area (Å²) in [5.41, 5.74) is -0.251. The molecule has 24 heavy (non-hydrogen) atoms. The van der Waals surface area contributed by atoms with Crippen molar-refractivity contribution < 1.29 is 13.2 Å². The minimum atomic E-state index is -3.56. The van der Waals surface area contributed by atoms with E-state index in [-0.39, 0.29) is 10.5 Å². The molecular formula is C16H19ClN2O4S. The van der Waals surface area contributed by atoms with Crippen LogP contribution in [0.4, 0.5) is 0 Å². The number of benzene rings is 1. The van der Waals surface area contributed by atoms with Crippen LogP contribution in [0.15, 0.2) is 52.3 Å². The molecule has 0 N–H and O–H groups in total. The molecule has 130 valence electrons. The first-order valence-electron chi connectivity index (χ1n) is 7.32. The molecule has 0 aliphatic carbocycles. The van der Waals surface area contributed by atoms with Crippen molar-refractivity contribution in [2.75, 3.05) is 20.7 Å². The highest BCUT2D eigenvalue weighted by molar-refractivity contribution is 7.89. The number of halogens is 1. The largest absolute Gasteiger partial charge is 0.494 e. The van der Waals surface area contributed by atoms with E-state index in [1.54, 1.807) is 24.3 Å². The third kappa shape index (κ3) is 4.59. The minimum Gasteiger partial charge on any atom is -0.494 e. The minimum absolute atomic E-state index is 0.0886. The highest BCUT2D eigenvalue weighted by Gasteiger charge is 2.17. The predicted molar refractivity (Wildman–Crippen MR) is 93.1 cm³/mol. The molecule has 0 fully saturated rings. The predicted octanol–water partition coefficient (Wildman–Crippen LogP) is 2.22. The molecule has 0 aliphatic rings. The quantitative estimate of drug-likeness (QED) is 0.701. The molecule has 1 aromatic carbocycles. The summed E-state index contributed by atoms with van der Waals surface area (Å²) in [7, 11) is -0.666. The Morgan fingerprint density at radius 1 is 1.12 bits per heavy atom. The van der Waals surface area contributed by atoms with E-state index in [1.807, 2.05) is 0 Å². The monoisotopic (exact) mass is 370 g/mol. The lowest BCUT2D eigenvalue weighted by Crippen LogP contribution is -2.26. The van der Waals surface area contributed by atoms with Gasteiger partial charge in [-0.3, -0.25) is 4.79 Å². The fraction of sp³-hybridized carbons (Fsp3) is 0.312. The van der Waals surface area contributed by atoms with E-state index in [2.05, 4.69) is 0 Å². The second kappa shape index (κ2) is 7.83.